The highest BCUT2D eigenvalue weighted by atomic mass is 32.2. The molecule has 6 heteroatoms. The summed E-state index contributed by atoms with van der Waals surface area (Å²) in [5.41, 5.74) is 1.61. The van der Waals surface area contributed by atoms with Crippen LogP contribution in [0.4, 0.5) is 0 Å². The quantitative estimate of drug-likeness (QED) is 0.486. The average molecular weight is 295 g/mol. The van der Waals surface area contributed by atoms with Crippen LogP contribution in [0.2, 0.25) is 0 Å². The maximum atomic E-state index is 12.0. The molecule has 0 aliphatic heterocycles. The monoisotopic (exact) mass is 295 g/mol. The van der Waals surface area contributed by atoms with Crippen molar-refractivity contribution in [3.63, 3.8) is 0 Å². The standard InChI is InChI=1S/C14H17NO4S/c1-10(2)14(19-12(4)16)9-15-20(17,18)13-7-5-11(3)6-8-13/h5-9H,1-4H3/b15-9+. The summed E-state index contributed by atoms with van der Waals surface area (Å²) in [5, 5.41) is 0. The van der Waals surface area contributed by atoms with Gasteiger partial charge < -0.3 is 4.74 Å². The van der Waals surface area contributed by atoms with Crippen LogP contribution in [0.1, 0.15) is 26.3 Å². The number of allylic oxidation sites excluding steroid dienone is 2. The van der Waals surface area contributed by atoms with Crippen molar-refractivity contribution in [3.05, 3.63) is 41.2 Å². The maximum absolute atomic E-state index is 12.0. The molecule has 5 nitrogen and oxygen atoms in total. The van der Waals surface area contributed by atoms with Gasteiger partial charge in [-0.05, 0) is 38.5 Å². The molecule has 0 N–H and O–H groups in total. The summed E-state index contributed by atoms with van der Waals surface area (Å²) >= 11 is 0. The Labute approximate surface area is 119 Å². The number of carbonyl (C=O) groups excluding carboxylic acids is 1. The fraction of sp³-hybridized carbons (Fsp3) is 0.286. The van der Waals surface area contributed by atoms with Gasteiger partial charge in [-0.15, -0.1) is 0 Å². The first kappa shape index (κ1) is 16.1. The van der Waals surface area contributed by atoms with Crippen molar-refractivity contribution >= 4 is 22.2 Å². The normalized spacial score (nSPS) is 11.4. The first-order valence-electron chi connectivity index (χ1n) is 5.95. The fourth-order valence-corrected chi connectivity index (χ4v) is 2.14. The molecular weight excluding hydrogens is 278 g/mol. The molecule has 0 saturated carbocycles. The topological polar surface area (TPSA) is 72.8 Å². The number of esters is 1. The van der Waals surface area contributed by atoms with Crippen LogP contribution in [0, 0.1) is 6.92 Å². The molecule has 0 aliphatic rings. The van der Waals surface area contributed by atoms with E-state index in [0.29, 0.717) is 5.57 Å². The molecule has 108 valence electrons. The van der Waals surface area contributed by atoms with Gasteiger partial charge in [0.2, 0.25) is 0 Å². The Morgan fingerprint density at radius 3 is 2.15 bits per heavy atom. The summed E-state index contributed by atoms with van der Waals surface area (Å²) in [7, 11) is -3.80. The van der Waals surface area contributed by atoms with E-state index < -0.39 is 16.0 Å². The molecule has 0 saturated heterocycles. The predicted molar refractivity (Wildman–Crippen MR) is 77.0 cm³/mol. The fourth-order valence-electron chi connectivity index (χ4n) is 1.30. The molecule has 1 aromatic carbocycles. The summed E-state index contributed by atoms with van der Waals surface area (Å²) in [5.74, 6) is -0.395. The molecule has 1 rings (SSSR count). The van der Waals surface area contributed by atoms with Crippen LogP contribution in [-0.4, -0.2) is 20.6 Å². The first-order chi connectivity index (χ1) is 9.22. The summed E-state index contributed by atoms with van der Waals surface area (Å²) in [6.07, 6.45) is 1.05. The maximum Gasteiger partial charge on any atom is 0.308 e. The van der Waals surface area contributed by atoms with Gasteiger partial charge in [0.1, 0.15) is 5.76 Å². The van der Waals surface area contributed by atoms with Crippen LogP contribution in [0.3, 0.4) is 0 Å². The van der Waals surface area contributed by atoms with Gasteiger partial charge in [-0.25, -0.2) is 0 Å². The zero-order valence-electron chi connectivity index (χ0n) is 11.9. The Morgan fingerprint density at radius 1 is 1.15 bits per heavy atom. The number of rotatable bonds is 4. The number of ether oxygens (including phenoxy) is 1. The predicted octanol–water partition coefficient (Wildman–Crippen LogP) is 2.61. The van der Waals surface area contributed by atoms with Gasteiger partial charge in [0.15, 0.2) is 0 Å². The van der Waals surface area contributed by atoms with Gasteiger partial charge >= 0.3 is 5.97 Å². The largest absolute Gasteiger partial charge is 0.425 e. The zero-order chi connectivity index (χ0) is 15.3. The Kier molecular flexibility index (Phi) is 5.21. The lowest BCUT2D eigenvalue weighted by Crippen LogP contribution is -2.04. The number of carbonyl (C=O) groups is 1. The molecule has 0 atom stereocenters. The van der Waals surface area contributed by atoms with Gasteiger partial charge in [0.25, 0.3) is 10.0 Å². The lowest BCUT2D eigenvalue weighted by molar-refractivity contribution is -0.136. The second-order valence-electron chi connectivity index (χ2n) is 4.48. The van der Waals surface area contributed by atoms with Crippen molar-refractivity contribution in [1.29, 1.82) is 0 Å². The second-order valence-corrected chi connectivity index (χ2v) is 6.11. The smallest absolute Gasteiger partial charge is 0.308 e. The summed E-state index contributed by atoms with van der Waals surface area (Å²) in [6.45, 7) is 6.50. The SMILES string of the molecule is CC(=O)OC(/C=N/S(=O)(=O)c1ccc(C)cc1)=C(C)C. The number of nitrogens with zero attached hydrogens (tertiary/aromatic N) is 1. The molecule has 1 aromatic rings. The van der Waals surface area contributed by atoms with E-state index in [1.165, 1.54) is 19.1 Å². The van der Waals surface area contributed by atoms with Crippen molar-refractivity contribution in [2.45, 2.75) is 32.6 Å². The molecule has 0 unspecified atom stereocenters. The number of hydrogen-bond donors (Lipinski definition) is 0. The lowest BCUT2D eigenvalue weighted by atomic mass is 10.2. The molecule has 0 spiro atoms. The first-order valence-corrected chi connectivity index (χ1v) is 7.39. The number of benzene rings is 1. The van der Waals surface area contributed by atoms with Gasteiger partial charge in [-0.3, -0.25) is 4.79 Å². The van der Waals surface area contributed by atoms with Crippen LogP contribution in [-0.2, 0) is 19.6 Å². The summed E-state index contributed by atoms with van der Waals surface area (Å²) in [6, 6.07) is 6.35. The van der Waals surface area contributed by atoms with Gasteiger partial charge in [-0.1, -0.05) is 17.7 Å². The van der Waals surface area contributed by atoms with Gasteiger partial charge in [0.05, 0.1) is 11.1 Å². The van der Waals surface area contributed by atoms with Crippen LogP contribution in [0.5, 0.6) is 0 Å². The minimum atomic E-state index is -3.80. The number of aryl methyl sites for hydroxylation is 1. The Bertz CT molecular complexity index is 651. The molecule has 0 amide bonds. The average Bonchev–Trinajstić information content (AvgIpc) is 2.34. The van der Waals surface area contributed by atoms with Crippen LogP contribution >= 0.6 is 0 Å². The third-order valence-electron chi connectivity index (χ3n) is 2.37. The van der Waals surface area contributed by atoms with E-state index in [1.54, 1.807) is 26.0 Å². The van der Waals surface area contributed by atoms with E-state index in [-0.39, 0.29) is 10.7 Å². The van der Waals surface area contributed by atoms with Gasteiger partial charge in [0, 0.05) is 6.92 Å². The summed E-state index contributed by atoms with van der Waals surface area (Å²) < 4.78 is 32.4. The van der Waals surface area contributed by atoms with Crippen molar-refractivity contribution < 1.29 is 17.9 Å². The minimum Gasteiger partial charge on any atom is -0.425 e. The van der Waals surface area contributed by atoms with Crippen LogP contribution in [0.25, 0.3) is 0 Å². The number of sulfonamides is 1. The van der Waals surface area contributed by atoms with E-state index in [0.717, 1.165) is 11.8 Å². The molecule has 0 bridgehead atoms. The van der Waals surface area contributed by atoms with Crippen molar-refractivity contribution in [2.24, 2.45) is 4.40 Å². The highest BCUT2D eigenvalue weighted by Crippen LogP contribution is 2.13. The molecule has 0 fully saturated rings. The van der Waals surface area contributed by atoms with Crippen molar-refractivity contribution in [3.8, 4) is 0 Å². The summed E-state index contributed by atoms with van der Waals surface area (Å²) in [4.78, 5) is 11.0. The Morgan fingerprint density at radius 2 is 1.70 bits per heavy atom. The molecule has 0 heterocycles. The van der Waals surface area contributed by atoms with E-state index in [1.807, 2.05) is 6.92 Å². The lowest BCUT2D eigenvalue weighted by Gasteiger charge is -2.04. The van der Waals surface area contributed by atoms with Crippen molar-refractivity contribution in [2.75, 3.05) is 0 Å². The molecule has 0 radical (unpaired) electrons. The van der Waals surface area contributed by atoms with Crippen LogP contribution in [0.15, 0.2) is 44.9 Å². The van der Waals surface area contributed by atoms with Crippen LogP contribution < -0.4 is 0 Å². The highest BCUT2D eigenvalue weighted by molar-refractivity contribution is 7.90. The van der Waals surface area contributed by atoms with E-state index in [4.69, 9.17) is 4.74 Å². The van der Waals surface area contributed by atoms with Gasteiger partial charge in [-0.2, -0.15) is 12.8 Å². The van der Waals surface area contributed by atoms with E-state index in [2.05, 4.69) is 4.40 Å². The van der Waals surface area contributed by atoms with E-state index >= 15 is 0 Å². The van der Waals surface area contributed by atoms with Crippen molar-refractivity contribution in [1.82, 2.24) is 0 Å². The Hall–Kier alpha value is -1.95. The Balaban J connectivity index is 3.06. The molecule has 0 aliphatic carbocycles. The van der Waals surface area contributed by atoms with E-state index in [9.17, 15) is 13.2 Å². The molecule has 20 heavy (non-hydrogen) atoms. The molecular formula is C14H17NO4S. The third kappa shape index (κ3) is 4.62. The number of hydrogen-bond acceptors (Lipinski definition) is 4. The second kappa shape index (κ2) is 6.47. The molecule has 0 aromatic heterocycles. The third-order valence-corrected chi connectivity index (χ3v) is 3.62. The zero-order valence-corrected chi connectivity index (χ0v) is 12.7. The highest BCUT2D eigenvalue weighted by Gasteiger charge is 2.12. The minimum absolute atomic E-state index is 0.0929.